The number of phenols is 1. The third-order valence-electron chi connectivity index (χ3n) is 7.33. The molecule has 1 aromatic heterocycles. The van der Waals surface area contributed by atoms with Crippen LogP contribution >= 0.6 is 15.9 Å². The number of hydrogen-bond acceptors (Lipinski definition) is 6. The van der Waals surface area contributed by atoms with E-state index in [9.17, 15) is 19.6 Å². The van der Waals surface area contributed by atoms with Gasteiger partial charge >= 0.3 is 6.09 Å². The highest BCUT2D eigenvalue weighted by Gasteiger charge is 2.28. The number of primary amides is 1. The molecule has 9 heteroatoms. The van der Waals surface area contributed by atoms with Crippen LogP contribution in [0.1, 0.15) is 35.1 Å². The number of aromatic hydroxyl groups is 1. The number of aryl methyl sites for hydroxylation is 1. The van der Waals surface area contributed by atoms with Crippen LogP contribution in [0.15, 0.2) is 71.2 Å². The predicted octanol–water partition coefficient (Wildman–Crippen LogP) is 6.86. The molecule has 7 nitrogen and oxygen atoms in total. The summed E-state index contributed by atoms with van der Waals surface area (Å²) in [7, 11) is 0. The molecule has 0 radical (unpaired) electrons. The molecule has 1 aliphatic heterocycles. The van der Waals surface area contributed by atoms with Crippen LogP contribution in [0.2, 0.25) is 0 Å². The highest BCUT2D eigenvalue weighted by Crippen LogP contribution is 2.44. The summed E-state index contributed by atoms with van der Waals surface area (Å²) in [5.41, 5.74) is 10.4. The number of nitrogens with zero attached hydrogens (tertiary/aromatic N) is 3. The highest BCUT2D eigenvalue weighted by molar-refractivity contribution is 9.10. The topological polar surface area (TPSA) is 112 Å². The summed E-state index contributed by atoms with van der Waals surface area (Å²) in [6.45, 7) is 2.96. The van der Waals surface area contributed by atoms with Crippen LogP contribution < -0.4 is 10.6 Å². The number of pyridine rings is 1. The van der Waals surface area contributed by atoms with Gasteiger partial charge in [-0.3, -0.25) is 0 Å². The lowest BCUT2D eigenvalue weighted by molar-refractivity contribution is 0.0911. The maximum atomic E-state index is 15.0. The van der Waals surface area contributed by atoms with E-state index >= 15 is 0 Å². The first kappa shape index (κ1) is 28.1. The van der Waals surface area contributed by atoms with Crippen molar-refractivity contribution in [2.75, 3.05) is 18.0 Å². The van der Waals surface area contributed by atoms with Crippen molar-refractivity contribution in [2.45, 2.75) is 32.3 Å². The molecular formula is C32H28BrFN4O3. The Labute approximate surface area is 246 Å². The van der Waals surface area contributed by atoms with Crippen molar-refractivity contribution >= 4 is 27.8 Å². The largest absolute Gasteiger partial charge is 0.508 e. The molecule has 0 unspecified atom stereocenters. The van der Waals surface area contributed by atoms with E-state index in [1.165, 1.54) is 12.1 Å². The zero-order valence-electron chi connectivity index (χ0n) is 22.4. The minimum absolute atomic E-state index is 0.0540. The molecular weight excluding hydrogens is 587 g/mol. The fourth-order valence-electron chi connectivity index (χ4n) is 5.16. The van der Waals surface area contributed by atoms with E-state index in [0.29, 0.717) is 49.4 Å². The molecule has 4 aromatic rings. The lowest BCUT2D eigenvalue weighted by atomic mass is 9.90. The average molecular weight is 616 g/mol. The van der Waals surface area contributed by atoms with Gasteiger partial charge < -0.3 is 20.5 Å². The Hall–Kier alpha value is -4.42. The van der Waals surface area contributed by atoms with Gasteiger partial charge in [0.1, 0.15) is 29.6 Å². The van der Waals surface area contributed by atoms with Gasteiger partial charge in [0.2, 0.25) is 0 Å². The normalized spacial score (nSPS) is 13.6. The second kappa shape index (κ2) is 12.0. The molecule has 1 fully saturated rings. The van der Waals surface area contributed by atoms with Crippen molar-refractivity contribution < 1.29 is 19.0 Å². The van der Waals surface area contributed by atoms with Gasteiger partial charge in [-0.25, -0.2) is 14.2 Å². The van der Waals surface area contributed by atoms with Crippen LogP contribution in [-0.4, -0.2) is 35.4 Å². The summed E-state index contributed by atoms with van der Waals surface area (Å²) < 4.78 is 21.0. The van der Waals surface area contributed by atoms with Crippen LogP contribution in [0.25, 0.3) is 22.4 Å². The summed E-state index contributed by atoms with van der Waals surface area (Å²) >= 11 is 3.87. The smallest absolute Gasteiger partial charge is 0.404 e. The standard InChI is InChI=1S/C32H28BrFN4O3/c1-19-7-8-21(17-27(19)39)28-25(15-20-5-3-2-4-6-20)29(33)31(38-13-11-24(12-14-38)41-32(36)40)37-30(28)22-9-10-23(18-35)26(34)16-22/h2-10,16-17,24,39H,11-15H2,1H3,(H2,36,40). The number of amides is 1. The van der Waals surface area contributed by atoms with Gasteiger partial charge in [0.15, 0.2) is 0 Å². The first-order valence-corrected chi connectivity index (χ1v) is 14.0. The molecule has 1 aliphatic rings. The maximum absolute atomic E-state index is 15.0. The number of halogens is 2. The zero-order chi connectivity index (χ0) is 29.1. The van der Waals surface area contributed by atoms with E-state index < -0.39 is 11.9 Å². The number of anilines is 1. The summed E-state index contributed by atoms with van der Waals surface area (Å²) in [6.07, 6.45) is 0.643. The number of rotatable bonds is 6. The molecule has 2 heterocycles. The zero-order valence-corrected chi connectivity index (χ0v) is 24.0. The predicted molar refractivity (Wildman–Crippen MR) is 159 cm³/mol. The number of carbonyl (C=O) groups excluding carboxylic acids is 1. The molecule has 208 valence electrons. The Morgan fingerprint density at radius 3 is 2.49 bits per heavy atom. The first-order valence-electron chi connectivity index (χ1n) is 13.2. The number of nitriles is 1. The van der Waals surface area contributed by atoms with Gasteiger partial charge in [-0.2, -0.15) is 5.26 Å². The molecule has 41 heavy (non-hydrogen) atoms. The van der Waals surface area contributed by atoms with E-state index in [-0.39, 0.29) is 17.4 Å². The number of ether oxygens (including phenoxy) is 1. The Bertz CT molecular complexity index is 1650. The lowest BCUT2D eigenvalue weighted by Crippen LogP contribution is -2.39. The number of benzene rings is 3. The molecule has 0 saturated carbocycles. The molecule has 0 spiro atoms. The van der Waals surface area contributed by atoms with Gasteiger partial charge in [0, 0.05) is 37.1 Å². The summed E-state index contributed by atoms with van der Waals surface area (Å²) in [4.78, 5) is 18.5. The second-order valence-corrected chi connectivity index (χ2v) is 10.8. The summed E-state index contributed by atoms with van der Waals surface area (Å²) in [5, 5.41) is 20.0. The second-order valence-electron chi connectivity index (χ2n) is 10.0. The van der Waals surface area contributed by atoms with Crippen LogP contribution in [0.4, 0.5) is 15.0 Å². The van der Waals surface area contributed by atoms with Crippen molar-refractivity contribution in [1.82, 2.24) is 4.98 Å². The van der Waals surface area contributed by atoms with E-state index in [0.717, 1.165) is 32.3 Å². The van der Waals surface area contributed by atoms with Crippen molar-refractivity contribution in [1.29, 1.82) is 5.26 Å². The fourth-order valence-corrected chi connectivity index (χ4v) is 5.84. The minimum Gasteiger partial charge on any atom is -0.508 e. The molecule has 0 bridgehead atoms. The first-order chi connectivity index (χ1) is 19.7. The van der Waals surface area contributed by atoms with Crippen molar-refractivity contribution in [3.8, 4) is 34.2 Å². The number of nitrogens with two attached hydrogens (primary N) is 1. The van der Waals surface area contributed by atoms with Crippen molar-refractivity contribution in [3.63, 3.8) is 0 Å². The third kappa shape index (κ3) is 6.03. The van der Waals surface area contributed by atoms with Gasteiger partial charge in [0.25, 0.3) is 0 Å². The number of phenolic OH excluding ortho intramolecular Hbond substituents is 1. The Morgan fingerprint density at radius 2 is 1.85 bits per heavy atom. The molecule has 0 aliphatic carbocycles. The van der Waals surface area contributed by atoms with Gasteiger partial charge in [0.05, 0.1) is 15.7 Å². The molecule has 3 N–H and O–H groups in total. The quantitative estimate of drug-likeness (QED) is 0.245. The maximum Gasteiger partial charge on any atom is 0.404 e. The average Bonchev–Trinajstić information content (AvgIpc) is 2.96. The van der Waals surface area contributed by atoms with Gasteiger partial charge in [-0.15, -0.1) is 0 Å². The molecule has 3 aromatic carbocycles. The van der Waals surface area contributed by atoms with Crippen LogP contribution in [0.5, 0.6) is 5.75 Å². The van der Waals surface area contributed by atoms with Crippen molar-refractivity contribution in [2.24, 2.45) is 5.73 Å². The number of aromatic nitrogens is 1. The fraction of sp³-hybridized carbons (Fsp3) is 0.219. The Morgan fingerprint density at radius 1 is 1.15 bits per heavy atom. The number of carbonyl (C=O) groups is 1. The monoisotopic (exact) mass is 614 g/mol. The molecule has 0 atom stereocenters. The van der Waals surface area contributed by atoms with E-state index in [1.54, 1.807) is 12.1 Å². The third-order valence-corrected chi connectivity index (χ3v) is 8.16. The highest BCUT2D eigenvalue weighted by atomic mass is 79.9. The Kier molecular flexibility index (Phi) is 8.22. The van der Waals surface area contributed by atoms with Gasteiger partial charge in [-0.1, -0.05) is 48.5 Å². The van der Waals surface area contributed by atoms with E-state index in [2.05, 4.69) is 20.8 Å². The number of piperidine rings is 1. The van der Waals surface area contributed by atoms with Gasteiger partial charge in [-0.05, 0) is 69.7 Å². The SMILES string of the molecule is Cc1ccc(-c2c(-c3ccc(C#N)c(F)c3)nc(N3CCC(OC(N)=O)CC3)c(Br)c2Cc2ccccc2)cc1O. The molecule has 1 saturated heterocycles. The molecule has 1 amide bonds. The van der Waals surface area contributed by atoms with Crippen molar-refractivity contribution in [3.05, 3.63) is 99.3 Å². The molecule has 5 rings (SSSR count). The van der Waals surface area contributed by atoms with Crippen LogP contribution in [0, 0.1) is 24.1 Å². The minimum atomic E-state index is -0.788. The van der Waals surface area contributed by atoms with Crippen LogP contribution in [0.3, 0.4) is 0 Å². The number of hydrogen-bond donors (Lipinski definition) is 2. The van der Waals surface area contributed by atoms with E-state index in [4.69, 9.17) is 15.5 Å². The van der Waals surface area contributed by atoms with Crippen LogP contribution in [-0.2, 0) is 11.2 Å². The Balaban J connectivity index is 1.74. The lowest BCUT2D eigenvalue weighted by Gasteiger charge is -2.34. The van der Waals surface area contributed by atoms with E-state index in [1.807, 2.05) is 55.5 Å². The summed E-state index contributed by atoms with van der Waals surface area (Å²) in [6, 6.07) is 21.8. The summed E-state index contributed by atoms with van der Waals surface area (Å²) in [5.74, 6) is 0.179.